The van der Waals surface area contributed by atoms with Crippen LogP contribution < -0.4 is 14.4 Å². The van der Waals surface area contributed by atoms with E-state index >= 15 is 0 Å². The van der Waals surface area contributed by atoms with Crippen molar-refractivity contribution >= 4 is 27.5 Å². The number of nitrogens with one attached hydrogen (secondary N) is 1. The molecular weight excluding hydrogens is 478 g/mol. The molecule has 0 aliphatic carbocycles. The van der Waals surface area contributed by atoms with Crippen LogP contribution in [0.15, 0.2) is 42.5 Å². The van der Waals surface area contributed by atoms with Gasteiger partial charge in [0.25, 0.3) is 0 Å². The number of aryl methyl sites for hydroxylation is 2. The molecule has 0 spiro atoms. The summed E-state index contributed by atoms with van der Waals surface area (Å²) in [5, 5.41) is 2.96. The highest BCUT2D eigenvalue weighted by Crippen LogP contribution is 2.31. The van der Waals surface area contributed by atoms with Gasteiger partial charge in [0.05, 0.1) is 19.1 Å². The van der Waals surface area contributed by atoms with Gasteiger partial charge in [-0.2, -0.15) is 0 Å². The quantitative estimate of drug-likeness (QED) is 0.517. The van der Waals surface area contributed by atoms with E-state index in [-0.39, 0.29) is 18.1 Å². The van der Waals surface area contributed by atoms with E-state index in [2.05, 4.69) is 5.32 Å². The highest BCUT2D eigenvalue weighted by atomic mass is 32.2. The summed E-state index contributed by atoms with van der Waals surface area (Å²) in [7, 11) is -2.40. The third kappa shape index (κ3) is 7.98. The van der Waals surface area contributed by atoms with E-state index in [0.29, 0.717) is 12.2 Å². The number of carbonyl (C=O) groups excluding carboxylic acids is 2. The number of amides is 2. The lowest BCUT2D eigenvalue weighted by Crippen LogP contribution is -2.55. The van der Waals surface area contributed by atoms with E-state index in [1.807, 2.05) is 65.8 Å². The first kappa shape index (κ1) is 29.2. The number of methoxy groups -OCH3 is 1. The number of benzene rings is 2. The fraction of sp³-hybridized carbons (Fsp3) is 0.481. The number of ether oxygens (including phenoxy) is 1. The van der Waals surface area contributed by atoms with Crippen LogP contribution >= 0.6 is 0 Å². The minimum Gasteiger partial charge on any atom is -0.495 e. The average molecular weight is 518 g/mol. The molecule has 1 atom stereocenters. The smallest absolute Gasteiger partial charge is 0.244 e. The van der Waals surface area contributed by atoms with Crippen LogP contribution in [0.3, 0.4) is 0 Å². The minimum absolute atomic E-state index is 0.164. The number of hydrogen-bond acceptors (Lipinski definition) is 5. The molecule has 1 unspecified atom stereocenters. The van der Waals surface area contributed by atoms with Gasteiger partial charge in [0.2, 0.25) is 21.8 Å². The van der Waals surface area contributed by atoms with Gasteiger partial charge in [0, 0.05) is 12.1 Å². The summed E-state index contributed by atoms with van der Waals surface area (Å²) in [6.07, 6.45) is 1.42. The zero-order valence-electron chi connectivity index (χ0n) is 22.6. The lowest BCUT2D eigenvalue weighted by atomic mass is 10.1. The van der Waals surface area contributed by atoms with Crippen molar-refractivity contribution in [3.8, 4) is 5.75 Å². The molecule has 8 nitrogen and oxygen atoms in total. The van der Waals surface area contributed by atoms with Crippen LogP contribution in [0.2, 0.25) is 0 Å². The second-order valence-electron chi connectivity index (χ2n) is 10.1. The van der Waals surface area contributed by atoms with E-state index in [1.165, 1.54) is 12.0 Å². The van der Waals surface area contributed by atoms with Crippen LogP contribution in [-0.4, -0.2) is 56.6 Å². The molecule has 0 aliphatic rings. The van der Waals surface area contributed by atoms with Gasteiger partial charge in [-0.05, 0) is 64.3 Å². The highest BCUT2D eigenvalue weighted by Gasteiger charge is 2.33. The van der Waals surface area contributed by atoms with Crippen LogP contribution in [0.4, 0.5) is 5.69 Å². The van der Waals surface area contributed by atoms with Gasteiger partial charge in [-0.15, -0.1) is 0 Å². The molecule has 2 amide bonds. The van der Waals surface area contributed by atoms with Crippen LogP contribution in [0.5, 0.6) is 5.75 Å². The number of nitrogens with zero attached hydrogens (tertiary/aromatic N) is 2. The maximum absolute atomic E-state index is 13.8. The molecule has 1 N–H and O–H groups in total. The maximum atomic E-state index is 13.8. The first-order chi connectivity index (χ1) is 16.7. The molecule has 2 rings (SSSR count). The SMILES string of the molecule is CCC(C(=O)NC(C)(C)C)N(Cc1ccc(C)cc1)C(=O)CN(c1cc(C)ccc1OC)S(C)(=O)=O. The molecule has 2 aromatic rings. The van der Waals surface area contributed by atoms with Crippen LogP contribution in [0, 0.1) is 13.8 Å². The molecule has 198 valence electrons. The number of carbonyl (C=O) groups is 2. The van der Waals surface area contributed by atoms with Gasteiger partial charge in [-0.3, -0.25) is 13.9 Å². The standard InChI is InChI=1S/C27H39N3O5S/c1-9-22(26(32)28-27(4,5)6)29(17-21-13-10-19(2)11-14-21)25(31)18-30(36(8,33)34)23-16-20(3)12-15-24(23)35-7/h10-16,22H,9,17-18H2,1-8H3,(H,28,32). The van der Waals surface area contributed by atoms with E-state index in [1.54, 1.807) is 18.2 Å². The Morgan fingerprint density at radius 1 is 1.03 bits per heavy atom. The van der Waals surface area contributed by atoms with Gasteiger partial charge in [-0.25, -0.2) is 8.42 Å². The lowest BCUT2D eigenvalue weighted by molar-refractivity contribution is -0.141. The Kier molecular flexibility index (Phi) is 9.54. The molecule has 0 saturated heterocycles. The zero-order valence-corrected chi connectivity index (χ0v) is 23.4. The summed E-state index contributed by atoms with van der Waals surface area (Å²) in [5.41, 5.74) is 2.52. The highest BCUT2D eigenvalue weighted by molar-refractivity contribution is 7.92. The second-order valence-corrected chi connectivity index (χ2v) is 12.0. The summed E-state index contributed by atoms with van der Waals surface area (Å²) in [5.74, 6) is -0.439. The van der Waals surface area contributed by atoms with Gasteiger partial charge >= 0.3 is 0 Å². The predicted octanol–water partition coefficient (Wildman–Crippen LogP) is 3.80. The van der Waals surface area contributed by atoms with E-state index in [4.69, 9.17) is 4.74 Å². The van der Waals surface area contributed by atoms with Crippen molar-refractivity contribution in [2.45, 2.75) is 66.1 Å². The third-order valence-corrected chi connectivity index (χ3v) is 6.77. The van der Waals surface area contributed by atoms with Gasteiger partial charge < -0.3 is 15.0 Å². The molecule has 2 aromatic carbocycles. The largest absolute Gasteiger partial charge is 0.495 e. The molecule has 0 aromatic heterocycles. The second kappa shape index (κ2) is 11.8. The Morgan fingerprint density at radius 2 is 1.61 bits per heavy atom. The van der Waals surface area contributed by atoms with Gasteiger partial charge in [-0.1, -0.05) is 42.8 Å². The molecule has 0 heterocycles. The van der Waals surface area contributed by atoms with E-state index < -0.39 is 34.1 Å². The van der Waals surface area contributed by atoms with Crippen molar-refractivity contribution in [3.05, 3.63) is 59.2 Å². The minimum atomic E-state index is -3.85. The average Bonchev–Trinajstić information content (AvgIpc) is 2.76. The van der Waals surface area contributed by atoms with Crippen molar-refractivity contribution in [2.75, 3.05) is 24.2 Å². The molecule has 0 aliphatic heterocycles. The first-order valence-corrected chi connectivity index (χ1v) is 13.8. The third-order valence-electron chi connectivity index (χ3n) is 5.64. The molecule has 0 saturated carbocycles. The van der Waals surface area contributed by atoms with Crippen molar-refractivity contribution in [1.82, 2.24) is 10.2 Å². The molecular formula is C27H39N3O5S. The van der Waals surface area contributed by atoms with Crippen molar-refractivity contribution in [2.24, 2.45) is 0 Å². The Hall–Kier alpha value is -3.07. The van der Waals surface area contributed by atoms with E-state index in [9.17, 15) is 18.0 Å². The summed E-state index contributed by atoms with van der Waals surface area (Å²) >= 11 is 0. The predicted molar refractivity (Wildman–Crippen MR) is 144 cm³/mol. The van der Waals surface area contributed by atoms with Crippen LogP contribution in [0.1, 0.15) is 50.8 Å². The Bertz CT molecular complexity index is 1170. The Labute approximate surface area is 215 Å². The number of anilines is 1. The summed E-state index contributed by atoms with van der Waals surface area (Å²) in [4.78, 5) is 28.5. The van der Waals surface area contributed by atoms with Crippen LogP contribution in [0.25, 0.3) is 0 Å². The van der Waals surface area contributed by atoms with E-state index in [0.717, 1.165) is 27.3 Å². The van der Waals surface area contributed by atoms with Gasteiger partial charge in [0.15, 0.2) is 0 Å². The Morgan fingerprint density at radius 3 is 2.11 bits per heavy atom. The summed E-state index contributed by atoms with van der Waals surface area (Å²) in [6.45, 7) is 11.0. The molecule has 0 fully saturated rings. The van der Waals surface area contributed by atoms with Crippen molar-refractivity contribution in [3.63, 3.8) is 0 Å². The normalized spacial score (nSPS) is 12.6. The zero-order chi connectivity index (χ0) is 27.3. The number of sulfonamides is 1. The molecule has 9 heteroatoms. The van der Waals surface area contributed by atoms with Crippen LogP contribution in [-0.2, 0) is 26.2 Å². The monoisotopic (exact) mass is 517 g/mol. The Balaban J connectivity index is 2.52. The van der Waals surface area contributed by atoms with Crippen molar-refractivity contribution in [1.29, 1.82) is 0 Å². The fourth-order valence-electron chi connectivity index (χ4n) is 3.85. The number of hydrogen-bond donors (Lipinski definition) is 1. The molecule has 0 bridgehead atoms. The van der Waals surface area contributed by atoms with Gasteiger partial charge in [0.1, 0.15) is 18.3 Å². The molecule has 0 radical (unpaired) electrons. The number of rotatable bonds is 10. The first-order valence-electron chi connectivity index (χ1n) is 12.0. The molecule has 36 heavy (non-hydrogen) atoms. The topological polar surface area (TPSA) is 96.0 Å². The lowest BCUT2D eigenvalue weighted by Gasteiger charge is -2.34. The summed E-state index contributed by atoms with van der Waals surface area (Å²) in [6, 6.07) is 12.0. The summed E-state index contributed by atoms with van der Waals surface area (Å²) < 4.78 is 32.1. The van der Waals surface area contributed by atoms with Crippen molar-refractivity contribution < 1.29 is 22.7 Å². The maximum Gasteiger partial charge on any atom is 0.244 e. The fourth-order valence-corrected chi connectivity index (χ4v) is 4.70.